The molecule has 6 nitrogen and oxygen atoms in total. The standard InChI is InChI=1S/C45H79NO5/c1-4-7-10-13-16-19-21-22-23-26-29-32-35-38-45(50)51-41(36-33-30-27-25-20-17-14-11-8-5-2)39-44(49)46-42(40-47)43(48)37-34-31-28-24-18-15-12-9-6-3/h7,10,13,16-17,19-23,41-43,47-48H,4-6,8-9,11-12,14-15,18,24-40H2,1-3H3,(H,46,49)/b10-7+,16-13+,20-17-,21-19-,23-22-. The third-order valence-electron chi connectivity index (χ3n) is 9.18. The van der Waals surface area contributed by atoms with Crippen LogP contribution in [0.1, 0.15) is 188 Å². The smallest absolute Gasteiger partial charge is 0.306 e. The van der Waals surface area contributed by atoms with Crippen LogP contribution in [0.5, 0.6) is 0 Å². The third-order valence-corrected chi connectivity index (χ3v) is 9.18. The molecular weight excluding hydrogens is 634 g/mol. The molecule has 3 unspecified atom stereocenters. The molecule has 0 aromatic carbocycles. The molecule has 0 aliphatic rings. The van der Waals surface area contributed by atoms with Crippen LogP contribution in [0.2, 0.25) is 0 Å². The number of aliphatic hydroxyl groups is 2. The highest BCUT2D eigenvalue weighted by molar-refractivity contribution is 5.77. The van der Waals surface area contributed by atoms with E-state index in [2.05, 4.69) is 56.5 Å². The molecule has 0 rings (SSSR count). The summed E-state index contributed by atoms with van der Waals surface area (Å²) in [4.78, 5) is 25.8. The SMILES string of the molecule is CC/C=C/C=C/C=C\C=C/CCCCCC(=O)OC(CCCCC/C=C\CCCCC)CC(=O)NC(CO)C(O)CCCCCCCCCCC. The summed E-state index contributed by atoms with van der Waals surface area (Å²) >= 11 is 0. The van der Waals surface area contributed by atoms with E-state index in [4.69, 9.17) is 4.74 Å². The van der Waals surface area contributed by atoms with E-state index in [9.17, 15) is 19.8 Å². The molecule has 0 aromatic rings. The first-order valence-electron chi connectivity index (χ1n) is 21.1. The number of nitrogens with one attached hydrogen (secondary N) is 1. The molecular formula is C45H79NO5. The Kier molecular flexibility index (Phi) is 36.9. The lowest BCUT2D eigenvalue weighted by Gasteiger charge is -2.24. The molecule has 0 saturated heterocycles. The zero-order valence-electron chi connectivity index (χ0n) is 33.2. The van der Waals surface area contributed by atoms with Crippen molar-refractivity contribution in [3.05, 3.63) is 60.8 Å². The largest absolute Gasteiger partial charge is 0.462 e. The van der Waals surface area contributed by atoms with E-state index in [1.807, 2.05) is 30.4 Å². The second kappa shape index (κ2) is 38.8. The fraction of sp³-hybridized carbons (Fsp3) is 0.733. The fourth-order valence-corrected chi connectivity index (χ4v) is 5.96. The van der Waals surface area contributed by atoms with Crippen molar-refractivity contribution in [2.45, 2.75) is 206 Å². The molecule has 0 radical (unpaired) electrons. The molecule has 3 atom stereocenters. The molecule has 0 saturated carbocycles. The van der Waals surface area contributed by atoms with Gasteiger partial charge in [-0.3, -0.25) is 9.59 Å². The Bertz CT molecular complexity index is 937. The van der Waals surface area contributed by atoms with Crippen molar-refractivity contribution < 1.29 is 24.5 Å². The summed E-state index contributed by atoms with van der Waals surface area (Å²) in [5.74, 6) is -0.545. The molecule has 6 heteroatoms. The van der Waals surface area contributed by atoms with E-state index in [1.54, 1.807) is 0 Å². The van der Waals surface area contributed by atoms with Crippen molar-refractivity contribution in [1.29, 1.82) is 0 Å². The summed E-state index contributed by atoms with van der Waals surface area (Å²) in [6.07, 6.45) is 45.7. The highest BCUT2D eigenvalue weighted by atomic mass is 16.5. The number of ether oxygens (including phenoxy) is 1. The predicted octanol–water partition coefficient (Wildman–Crippen LogP) is 11.7. The van der Waals surface area contributed by atoms with Gasteiger partial charge in [-0.2, -0.15) is 0 Å². The van der Waals surface area contributed by atoms with Crippen LogP contribution < -0.4 is 5.32 Å². The zero-order chi connectivity index (χ0) is 37.5. The Morgan fingerprint density at radius 1 is 0.588 bits per heavy atom. The average Bonchev–Trinajstić information content (AvgIpc) is 3.12. The van der Waals surface area contributed by atoms with E-state index in [0.29, 0.717) is 19.3 Å². The van der Waals surface area contributed by atoms with Crippen LogP contribution >= 0.6 is 0 Å². The average molecular weight is 714 g/mol. The Balaban J connectivity index is 4.70. The van der Waals surface area contributed by atoms with Gasteiger partial charge in [0.25, 0.3) is 0 Å². The molecule has 1 amide bonds. The quantitative estimate of drug-likeness (QED) is 0.0260. The minimum absolute atomic E-state index is 0.0483. The van der Waals surface area contributed by atoms with Crippen molar-refractivity contribution in [2.24, 2.45) is 0 Å². The molecule has 0 bridgehead atoms. The lowest BCUT2D eigenvalue weighted by atomic mass is 10.0. The van der Waals surface area contributed by atoms with Gasteiger partial charge in [0.15, 0.2) is 0 Å². The summed E-state index contributed by atoms with van der Waals surface area (Å²) in [7, 11) is 0. The fourth-order valence-electron chi connectivity index (χ4n) is 5.96. The molecule has 0 spiro atoms. The summed E-state index contributed by atoms with van der Waals surface area (Å²) in [5.41, 5.74) is 0. The number of carbonyl (C=O) groups is 2. The molecule has 0 aromatic heterocycles. The van der Waals surface area contributed by atoms with Gasteiger partial charge < -0.3 is 20.3 Å². The van der Waals surface area contributed by atoms with Gasteiger partial charge in [0.2, 0.25) is 5.91 Å². The molecule has 0 aliphatic carbocycles. The Morgan fingerprint density at radius 3 is 1.71 bits per heavy atom. The maximum absolute atomic E-state index is 13.0. The number of hydrogen-bond donors (Lipinski definition) is 3. The number of unbranched alkanes of at least 4 members (excludes halogenated alkanes) is 17. The predicted molar refractivity (Wildman–Crippen MR) is 218 cm³/mol. The minimum Gasteiger partial charge on any atom is -0.462 e. The summed E-state index contributed by atoms with van der Waals surface area (Å²) in [6, 6.07) is -0.712. The van der Waals surface area contributed by atoms with E-state index < -0.39 is 18.2 Å². The topological polar surface area (TPSA) is 95.9 Å². The van der Waals surface area contributed by atoms with E-state index in [1.165, 1.54) is 57.8 Å². The van der Waals surface area contributed by atoms with E-state index >= 15 is 0 Å². The lowest BCUT2D eigenvalue weighted by molar-refractivity contribution is -0.151. The first-order valence-corrected chi connectivity index (χ1v) is 21.1. The number of amides is 1. The van der Waals surface area contributed by atoms with E-state index in [-0.39, 0.29) is 24.9 Å². The Labute approximate surface area is 314 Å². The normalized spacial score (nSPS) is 14.1. The first-order chi connectivity index (χ1) is 25.0. The monoisotopic (exact) mass is 714 g/mol. The van der Waals surface area contributed by atoms with Crippen LogP contribution in [-0.4, -0.2) is 46.9 Å². The summed E-state index contributed by atoms with van der Waals surface area (Å²) in [5, 5.41) is 23.5. The molecule has 0 aliphatic heterocycles. The minimum atomic E-state index is -0.796. The van der Waals surface area contributed by atoms with Gasteiger partial charge in [0.05, 0.1) is 25.2 Å². The Morgan fingerprint density at radius 2 is 1.08 bits per heavy atom. The van der Waals surface area contributed by atoms with Crippen molar-refractivity contribution >= 4 is 11.9 Å². The van der Waals surface area contributed by atoms with Gasteiger partial charge in [-0.1, -0.05) is 165 Å². The molecule has 0 fully saturated rings. The van der Waals surface area contributed by atoms with Crippen molar-refractivity contribution in [1.82, 2.24) is 5.32 Å². The van der Waals surface area contributed by atoms with Gasteiger partial charge in [-0.15, -0.1) is 0 Å². The van der Waals surface area contributed by atoms with Crippen LogP contribution in [0.15, 0.2) is 60.8 Å². The molecule has 3 N–H and O–H groups in total. The number of hydrogen-bond acceptors (Lipinski definition) is 5. The highest BCUT2D eigenvalue weighted by Crippen LogP contribution is 2.16. The number of allylic oxidation sites excluding steroid dienone is 10. The number of esters is 1. The van der Waals surface area contributed by atoms with Crippen molar-refractivity contribution in [3.8, 4) is 0 Å². The van der Waals surface area contributed by atoms with Crippen LogP contribution in [0.4, 0.5) is 0 Å². The second-order valence-corrected chi connectivity index (χ2v) is 14.1. The van der Waals surface area contributed by atoms with Crippen molar-refractivity contribution in [3.63, 3.8) is 0 Å². The van der Waals surface area contributed by atoms with E-state index in [0.717, 1.165) is 83.5 Å². The lowest BCUT2D eigenvalue weighted by Crippen LogP contribution is -2.46. The van der Waals surface area contributed by atoms with Crippen molar-refractivity contribution in [2.75, 3.05) is 6.61 Å². The van der Waals surface area contributed by atoms with Gasteiger partial charge in [0, 0.05) is 6.42 Å². The summed E-state index contributed by atoms with van der Waals surface area (Å²) in [6.45, 7) is 6.25. The zero-order valence-corrected chi connectivity index (χ0v) is 33.2. The maximum Gasteiger partial charge on any atom is 0.306 e. The van der Waals surface area contributed by atoms with Gasteiger partial charge in [-0.05, 0) is 70.6 Å². The first kappa shape index (κ1) is 48.6. The van der Waals surface area contributed by atoms with Gasteiger partial charge >= 0.3 is 5.97 Å². The highest BCUT2D eigenvalue weighted by Gasteiger charge is 2.24. The third kappa shape index (κ3) is 34.4. The Hall–Kier alpha value is -2.44. The van der Waals surface area contributed by atoms with Crippen LogP contribution in [0.3, 0.4) is 0 Å². The molecule has 51 heavy (non-hydrogen) atoms. The number of rotatable bonds is 36. The molecule has 0 heterocycles. The van der Waals surface area contributed by atoms with Crippen LogP contribution in [-0.2, 0) is 14.3 Å². The number of aliphatic hydroxyl groups excluding tert-OH is 2. The summed E-state index contributed by atoms with van der Waals surface area (Å²) < 4.78 is 5.85. The molecule has 294 valence electrons. The van der Waals surface area contributed by atoms with Gasteiger partial charge in [0.1, 0.15) is 6.10 Å². The number of carbonyl (C=O) groups excluding carboxylic acids is 2. The van der Waals surface area contributed by atoms with Crippen LogP contribution in [0.25, 0.3) is 0 Å². The second-order valence-electron chi connectivity index (χ2n) is 14.1. The van der Waals surface area contributed by atoms with Gasteiger partial charge in [-0.25, -0.2) is 0 Å². The maximum atomic E-state index is 13.0. The van der Waals surface area contributed by atoms with Crippen LogP contribution in [0, 0.1) is 0 Å².